The van der Waals surface area contributed by atoms with E-state index in [0.717, 1.165) is 4.68 Å². The van der Waals surface area contributed by atoms with E-state index in [1.807, 2.05) is 0 Å². The van der Waals surface area contributed by atoms with Crippen LogP contribution in [0, 0.1) is 0 Å². The fourth-order valence-corrected chi connectivity index (χ4v) is 4.11. The summed E-state index contributed by atoms with van der Waals surface area (Å²) in [5, 5.41) is 10.1. The van der Waals surface area contributed by atoms with Gasteiger partial charge < -0.3 is 20.1 Å². The molecule has 172 valence electrons. The van der Waals surface area contributed by atoms with Gasteiger partial charge in [-0.3, -0.25) is 4.79 Å². The Kier molecular flexibility index (Phi) is 5.29. The number of nitrogens with zero attached hydrogens (tertiary/aromatic N) is 2. The van der Waals surface area contributed by atoms with Crippen molar-refractivity contribution in [3.8, 4) is 11.5 Å². The van der Waals surface area contributed by atoms with E-state index in [1.165, 1.54) is 18.2 Å². The van der Waals surface area contributed by atoms with E-state index in [9.17, 15) is 18.0 Å². The molecular formula is C21H15Cl2F3N4O3. The summed E-state index contributed by atoms with van der Waals surface area (Å²) in [7, 11) is 0. The molecule has 1 amide bonds. The summed E-state index contributed by atoms with van der Waals surface area (Å²) in [6, 6.07) is 8.09. The highest BCUT2D eigenvalue weighted by atomic mass is 35.5. The van der Waals surface area contributed by atoms with E-state index in [1.54, 1.807) is 24.3 Å². The van der Waals surface area contributed by atoms with E-state index in [2.05, 4.69) is 15.7 Å². The van der Waals surface area contributed by atoms with Gasteiger partial charge in [0.1, 0.15) is 5.82 Å². The molecule has 0 bridgehead atoms. The number of halogens is 5. The Labute approximate surface area is 195 Å². The number of rotatable bonds is 3. The summed E-state index contributed by atoms with van der Waals surface area (Å²) >= 11 is 12.0. The van der Waals surface area contributed by atoms with Crippen molar-refractivity contribution < 1.29 is 27.4 Å². The number of carbonyl (C=O) groups is 1. The van der Waals surface area contributed by atoms with E-state index in [0.29, 0.717) is 27.8 Å². The lowest BCUT2D eigenvalue weighted by Crippen LogP contribution is -2.35. The topological polar surface area (TPSA) is 77.4 Å². The van der Waals surface area contributed by atoms with Crippen molar-refractivity contribution in [3.05, 3.63) is 63.8 Å². The van der Waals surface area contributed by atoms with Crippen molar-refractivity contribution in [1.82, 2.24) is 9.78 Å². The molecule has 5 rings (SSSR count). The van der Waals surface area contributed by atoms with E-state index in [4.69, 9.17) is 32.7 Å². The van der Waals surface area contributed by atoms with Gasteiger partial charge in [0.15, 0.2) is 23.2 Å². The molecule has 0 aliphatic carbocycles. The van der Waals surface area contributed by atoms with E-state index < -0.39 is 24.2 Å². The second-order valence-electron chi connectivity index (χ2n) is 7.55. The summed E-state index contributed by atoms with van der Waals surface area (Å²) in [6.07, 6.45) is -4.91. The molecule has 2 aliphatic rings. The Hall–Kier alpha value is -3.11. The van der Waals surface area contributed by atoms with Crippen LogP contribution in [-0.4, -0.2) is 28.7 Å². The third kappa shape index (κ3) is 4.16. The number of aromatic nitrogens is 2. The van der Waals surface area contributed by atoms with Crippen LogP contribution in [0.4, 0.5) is 24.7 Å². The summed E-state index contributed by atoms with van der Waals surface area (Å²) < 4.78 is 52.9. The second-order valence-corrected chi connectivity index (χ2v) is 8.36. The summed E-state index contributed by atoms with van der Waals surface area (Å²) in [5.74, 6) is 0.399. The first-order valence-electron chi connectivity index (χ1n) is 9.78. The number of alkyl halides is 3. The number of ether oxygens (including phenoxy) is 2. The predicted octanol–water partition coefficient (Wildman–Crippen LogP) is 5.83. The molecule has 1 aromatic heterocycles. The number of benzene rings is 2. The third-order valence-electron chi connectivity index (χ3n) is 5.40. The molecule has 0 saturated carbocycles. The Balaban J connectivity index is 1.43. The Morgan fingerprint density at radius 1 is 1.09 bits per heavy atom. The molecule has 0 unspecified atom stereocenters. The molecule has 12 heteroatoms. The highest BCUT2D eigenvalue weighted by Crippen LogP contribution is 2.44. The SMILES string of the molecule is O=C(Nc1ccc2c(c1)OCO2)c1cc2n(n1)[C@@H](C(F)(F)F)C[C@H](c1ccc(Cl)c(Cl)c1)N2. The smallest absolute Gasteiger partial charge is 0.410 e. The van der Waals surface area contributed by atoms with Crippen molar-refractivity contribution in [1.29, 1.82) is 0 Å². The Bertz CT molecular complexity index is 1250. The first-order valence-corrected chi connectivity index (χ1v) is 10.5. The van der Waals surface area contributed by atoms with Crippen LogP contribution in [0.2, 0.25) is 10.0 Å². The van der Waals surface area contributed by atoms with Crippen LogP contribution < -0.4 is 20.1 Å². The number of fused-ring (bicyclic) bond motifs is 2. The maximum atomic E-state index is 13.9. The average molecular weight is 499 g/mol. The zero-order valence-corrected chi connectivity index (χ0v) is 18.1. The van der Waals surface area contributed by atoms with Gasteiger partial charge in [-0.15, -0.1) is 0 Å². The zero-order chi connectivity index (χ0) is 23.3. The molecular weight excluding hydrogens is 484 g/mol. The lowest BCUT2D eigenvalue weighted by atomic mass is 9.97. The average Bonchev–Trinajstić information content (AvgIpc) is 3.40. The van der Waals surface area contributed by atoms with Crippen molar-refractivity contribution >= 4 is 40.6 Å². The van der Waals surface area contributed by atoms with Crippen LogP contribution in [0.5, 0.6) is 11.5 Å². The van der Waals surface area contributed by atoms with Gasteiger partial charge >= 0.3 is 6.18 Å². The van der Waals surface area contributed by atoms with Crippen LogP contribution in [0.1, 0.15) is 34.6 Å². The van der Waals surface area contributed by atoms with Gasteiger partial charge in [-0.1, -0.05) is 29.3 Å². The monoisotopic (exact) mass is 498 g/mol. The second kappa shape index (κ2) is 8.03. The molecule has 0 spiro atoms. The number of amides is 1. The molecule has 2 N–H and O–H groups in total. The van der Waals surface area contributed by atoms with Gasteiger partial charge in [0.05, 0.1) is 16.1 Å². The van der Waals surface area contributed by atoms with Crippen LogP contribution >= 0.6 is 23.2 Å². The number of hydrogen-bond donors (Lipinski definition) is 2. The number of nitrogens with one attached hydrogen (secondary N) is 2. The minimum atomic E-state index is -4.58. The largest absolute Gasteiger partial charge is 0.454 e. The van der Waals surface area contributed by atoms with Crippen molar-refractivity contribution in [2.45, 2.75) is 24.7 Å². The van der Waals surface area contributed by atoms with Gasteiger partial charge in [0.25, 0.3) is 5.91 Å². The van der Waals surface area contributed by atoms with E-state index in [-0.39, 0.29) is 29.7 Å². The standard InChI is InChI=1S/C21H15Cl2F3N4O3/c22-12-3-1-10(5-13(12)23)14-7-18(21(24,25)26)30-19(28-14)8-15(29-30)20(31)27-11-2-4-16-17(6-11)33-9-32-16/h1-6,8,14,18,28H,7,9H2,(H,27,31)/t14-,18-/m1/s1. The molecule has 33 heavy (non-hydrogen) atoms. The summed E-state index contributed by atoms with van der Waals surface area (Å²) in [5.41, 5.74) is 0.765. The van der Waals surface area contributed by atoms with Gasteiger partial charge in [0, 0.05) is 24.2 Å². The first-order chi connectivity index (χ1) is 15.7. The minimum absolute atomic E-state index is 0.0653. The predicted molar refractivity (Wildman–Crippen MR) is 115 cm³/mol. The third-order valence-corrected chi connectivity index (χ3v) is 6.14. The molecule has 0 radical (unpaired) electrons. The molecule has 2 atom stereocenters. The fraction of sp³-hybridized carbons (Fsp3) is 0.238. The lowest BCUT2D eigenvalue weighted by Gasteiger charge is -2.33. The number of carbonyl (C=O) groups excluding carboxylic acids is 1. The van der Waals surface area contributed by atoms with Gasteiger partial charge in [-0.2, -0.15) is 18.3 Å². The van der Waals surface area contributed by atoms with Crippen LogP contribution in [0.25, 0.3) is 0 Å². The Morgan fingerprint density at radius 2 is 1.88 bits per heavy atom. The summed E-state index contributed by atoms with van der Waals surface area (Å²) in [4.78, 5) is 12.7. The molecule has 0 saturated heterocycles. The quantitative estimate of drug-likeness (QED) is 0.474. The first kappa shape index (κ1) is 21.7. The summed E-state index contributed by atoms with van der Waals surface area (Å²) in [6.45, 7) is 0.0744. The fourth-order valence-electron chi connectivity index (χ4n) is 3.80. The normalized spacial score (nSPS) is 19.1. The maximum Gasteiger partial charge on any atom is 0.410 e. The van der Waals surface area contributed by atoms with Crippen LogP contribution in [0.15, 0.2) is 42.5 Å². The maximum absolute atomic E-state index is 13.9. The van der Waals surface area contributed by atoms with E-state index >= 15 is 0 Å². The molecule has 2 aliphatic heterocycles. The number of anilines is 2. The molecule has 2 aromatic carbocycles. The van der Waals surface area contributed by atoms with Gasteiger partial charge in [-0.05, 0) is 29.8 Å². The molecule has 7 nitrogen and oxygen atoms in total. The van der Waals surface area contributed by atoms with Crippen molar-refractivity contribution in [2.75, 3.05) is 17.4 Å². The molecule has 3 aromatic rings. The van der Waals surface area contributed by atoms with Crippen LogP contribution in [0.3, 0.4) is 0 Å². The highest BCUT2D eigenvalue weighted by molar-refractivity contribution is 6.42. The van der Waals surface area contributed by atoms with Crippen LogP contribution in [-0.2, 0) is 0 Å². The molecule has 0 fully saturated rings. The van der Waals surface area contributed by atoms with Crippen molar-refractivity contribution in [3.63, 3.8) is 0 Å². The number of hydrogen-bond acceptors (Lipinski definition) is 5. The zero-order valence-electron chi connectivity index (χ0n) is 16.6. The molecule has 3 heterocycles. The van der Waals surface area contributed by atoms with Crippen molar-refractivity contribution in [2.24, 2.45) is 0 Å². The Morgan fingerprint density at radius 3 is 2.64 bits per heavy atom. The highest BCUT2D eigenvalue weighted by Gasteiger charge is 2.46. The minimum Gasteiger partial charge on any atom is -0.454 e. The van der Waals surface area contributed by atoms with Gasteiger partial charge in [0.2, 0.25) is 6.79 Å². The van der Waals surface area contributed by atoms with Gasteiger partial charge in [-0.25, -0.2) is 4.68 Å². The lowest BCUT2D eigenvalue weighted by molar-refractivity contribution is -0.173.